The van der Waals surface area contributed by atoms with Gasteiger partial charge in [-0.05, 0) is 42.0 Å². The molecule has 0 unspecified atom stereocenters. The Morgan fingerprint density at radius 1 is 0.963 bits per heavy atom. The topological polar surface area (TPSA) is 145 Å². The number of hydrogen-bond donors (Lipinski definition) is 3. The van der Waals surface area contributed by atoms with Crippen molar-refractivity contribution in [1.29, 1.82) is 0 Å². The number of ether oxygens (including phenoxy) is 1. The van der Waals surface area contributed by atoms with Gasteiger partial charge in [-0.1, -0.05) is 12.1 Å². The number of amides is 2. The van der Waals surface area contributed by atoms with Gasteiger partial charge in [0.25, 0.3) is 0 Å². The molecular formula is C17H17N3O6S. The molecule has 2 rings (SSSR count). The SMILES string of the molecule is COC(=O)c1ccc(NC(=O)C(=O)NCc2ccc(S(N)(=O)=O)cc2)cc1. The first-order chi connectivity index (χ1) is 12.7. The minimum Gasteiger partial charge on any atom is -0.465 e. The lowest BCUT2D eigenvalue weighted by Gasteiger charge is -2.08. The summed E-state index contributed by atoms with van der Waals surface area (Å²) in [6, 6.07) is 11.4. The number of primary sulfonamides is 1. The largest absolute Gasteiger partial charge is 0.465 e. The summed E-state index contributed by atoms with van der Waals surface area (Å²) in [5.41, 5.74) is 1.23. The van der Waals surface area contributed by atoms with Crippen molar-refractivity contribution in [3.63, 3.8) is 0 Å². The minimum atomic E-state index is -3.79. The number of hydrogen-bond acceptors (Lipinski definition) is 6. The zero-order chi connectivity index (χ0) is 20.0. The second-order valence-corrected chi connectivity index (χ2v) is 6.96. The van der Waals surface area contributed by atoms with Crippen LogP contribution in [-0.2, 0) is 30.9 Å². The molecule has 0 bridgehead atoms. The first-order valence-electron chi connectivity index (χ1n) is 7.60. The Balaban J connectivity index is 1.90. The van der Waals surface area contributed by atoms with E-state index in [2.05, 4.69) is 15.4 Å². The zero-order valence-electron chi connectivity index (χ0n) is 14.3. The first kappa shape index (κ1) is 20.1. The van der Waals surface area contributed by atoms with Gasteiger partial charge in [-0.2, -0.15) is 0 Å². The van der Waals surface area contributed by atoms with Crippen LogP contribution < -0.4 is 15.8 Å². The van der Waals surface area contributed by atoms with Gasteiger partial charge in [-0.3, -0.25) is 9.59 Å². The Kier molecular flexibility index (Phi) is 6.27. The molecule has 10 heteroatoms. The lowest BCUT2D eigenvalue weighted by molar-refractivity contribution is -0.136. The Hall–Kier alpha value is -3.24. The van der Waals surface area contributed by atoms with Crippen LogP contribution in [0.2, 0.25) is 0 Å². The molecule has 0 fully saturated rings. The van der Waals surface area contributed by atoms with Crippen molar-refractivity contribution in [3.8, 4) is 0 Å². The van der Waals surface area contributed by atoms with Crippen LogP contribution in [0.1, 0.15) is 15.9 Å². The molecule has 0 saturated heterocycles. The predicted octanol–water partition coefficient (Wildman–Crippen LogP) is 0.376. The second kappa shape index (κ2) is 8.43. The number of carbonyl (C=O) groups excluding carboxylic acids is 3. The molecule has 0 aliphatic heterocycles. The standard InChI is InChI=1S/C17H17N3O6S/c1-26-17(23)12-4-6-13(7-5-12)20-16(22)15(21)19-10-11-2-8-14(9-3-11)27(18,24)25/h2-9H,10H2,1H3,(H,19,21)(H,20,22)(H2,18,24,25). The molecule has 0 saturated carbocycles. The van der Waals surface area contributed by atoms with Crippen LogP contribution in [0.5, 0.6) is 0 Å². The van der Waals surface area contributed by atoms with Crippen molar-refractivity contribution in [2.75, 3.05) is 12.4 Å². The molecule has 0 radical (unpaired) electrons. The van der Waals surface area contributed by atoms with E-state index in [-0.39, 0.29) is 11.4 Å². The van der Waals surface area contributed by atoms with Crippen LogP contribution in [0, 0.1) is 0 Å². The Bertz CT molecular complexity index is 953. The molecule has 4 N–H and O–H groups in total. The summed E-state index contributed by atoms with van der Waals surface area (Å²) >= 11 is 0. The van der Waals surface area contributed by atoms with Gasteiger partial charge < -0.3 is 15.4 Å². The summed E-state index contributed by atoms with van der Waals surface area (Å²) in [6.45, 7) is 0.0262. The number of esters is 1. The maximum Gasteiger partial charge on any atom is 0.337 e. The number of rotatable bonds is 5. The third-order valence-corrected chi connectivity index (χ3v) is 4.40. The van der Waals surface area contributed by atoms with Gasteiger partial charge >= 0.3 is 17.8 Å². The zero-order valence-corrected chi connectivity index (χ0v) is 15.1. The second-order valence-electron chi connectivity index (χ2n) is 5.39. The van der Waals surface area contributed by atoms with E-state index in [1.807, 2.05) is 0 Å². The molecule has 0 spiro atoms. The third kappa shape index (κ3) is 5.62. The van der Waals surface area contributed by atoms with Crippen LogP contribution in [0.4, 0.5) is 5.69 Å². The van der Waals surface area contributed by atoms with Crippen molar-refractivity contribution in [2.24, 2.45) is 5.14 Å². The van der Waals surface area contributed by atoms with E-state index >= 15 is 0 Å². The molecule has 0 aromatic heterocycles. The van der Waals surface area contributed by atoms with Crippen LogP contribution in [0.3, 0.4) is 0 Å². The lowest BCUT2D eigenvalue weighted by atomic mass is 10.2. The number of carbonyl (C=O) groups is 3. The normalized spacial score (nSPS) is 10.7. The van der Waals surface area contributed by atoms with Crippen molar-refractivity contribution in [2.45, 2.75) is 11.4 Å². The van der Waals surface area contributed by atoms with Gasteiger partial charge in [0.15, 0.2) is 0 Å². The predicted molar refractivity (Wildman–Crippen MR) is 96.1 cm³/mol. The van der Waals surface area contributed by atoms with Gasteiger partial charge in [0.05, 0.1) is 17.6 Å². The maximum absolute atomic E-state index is 11.9. The number of methoxy groups -OCH3 is 1. The quantitative estimate of drug-likeness (QED) is 0.496. The molecular weight excluding hydrogens is 374 g/mol. The van der Waals surface area contributed by atoms with E-state index in [1.54, 1.807) is 0 Å². The molecule has 27 heavy (non-hydrogen) atoms. The van der Waals surface area contributed by atoms with E-state index in [1.165, 1.54) is 55.6 Å². The summed E-state index contributed by atoms with van der Waals surface area (Å²) in [4.78, 5) is 35.0. The molecule has 9 nitrogen and oxygen atoms in total. The highest BCUT2D eigenvalue weighted by Crippen LogP contribution is 2.11. The summed E-state index contributed by atoms with van der Waals surface area (Å²) in [6.07, 6.45) is 0. The van der Waals surface area contributed by atoms with E-state index in [0.717, 1.165) is 0 Å². The maximum atomic E-state index is 11.9. The van der Waals surface area contributed by atoms with Crippen molar-refractivity contribution >= 4 is 33.5 Å². The third-order valence-electron chi connectivity index (χ3n) is 3.48. The van der Waals surface area contributed by atoms with E-state index < -0.39 is 27.8 Å². The first-order valence-corrected chi connectivity index (χ1v) is 9.14. The molecule has 0 heterocycles. The number of nitrogens with one attached hydrogen (secondary N) is 2. The van der Waals surface area contributed by atoms with E-state index in [9.17, 15) is 22.8 Å². The van der Waals surface area contributed by atoms with Crippen molar-refractivity contribution in [3.05, 3.63) is 59.7 Å². The van der Waals surface area contributed by atoms with Gasteiger partial charge in [0, 0.05) is 12.2 Å². The molecule has 2 aromatic carbocycles. The molecule has 0 aliphatic carbocycles. The smallest absolute Gasteiger partial charge is 0.337 e. The average Bonchev–Trinajstić information content (AvgIpc) is 2.65. The Morgan fingerprint density at radius 3 is 2.07 bits per heavy atom. The molecule has 0 atom stereocenters. The van der Waals surface area contributed by atoms with Crippen molar-refractivity contribution < 1.29 is 27.5 Å². The Morgan fingerprint density at radius 2 is 1.56 bits per heavy atom. The van der Waals surface area contributed by atoms with Crippen LogP contribution in [0.25, 0.3) is 0 Å². The molecule has 2 aromatic rings. The highest BCUT2D eigenvalue weighted by molar-refractivity contribution is 7.89. The van der Waals surface area contributed by atoms with Crippen LogP contribution >= 0.6 is 0 Å². The fraction of sp³-hybridized carbons (Fsp3) is 0.118. The van der Waals surface area contributed by atoms with Crippen LogP contribution in [-0.4, -0.2) is 33.3 Å². The summed E-state index contributed by atoms with van der Waals surface area (Å²) in [5.74, 6) is -2.27. The summed E-state index contributed by atoms with van der Waals surface area (Å²) in [7, 11) is -2.53. The summed E-state index contributed by atoms with van der Waals surface area (Å²) in [5, 5.41) is 9.80. The number of anilines is 1. The Labute approximate surface area is 155 Å². The highest BCUT2D eigenvalue weighted by atomic mass is 32.2. The van der Waals surface area contributed by atoms with Crippen molar-refractivity contribution in [1.82, 2.24) is 5.32 Å². The lowest BCUT2D eigenvalue weighted by Crippen LogP contribution is -2.34. The molecule has 2 amide bonds. The van der Waals surface area contributed by atoms with Crippen LogP contribution in [0.15, 0.2) is 53.4 Å². The van der Waals surface area contributed by atoms with E-state index in [0.29, 0.717) is 16.8 Å². The number of sulfonamides is 1. The fourth-order valence-corrected chi connectivity index (χ4v) is 2.57. The molecule has 142 valence electrons. The monoisotopic (exact) mass is 391 g/mol. The number of benzene rings is 2. The van der Waals surface area contributed by atoms with E-state index in [4.69, 9.17) is 5.14 Å². The van der Waals surface area contributed by atoms with Gasteiger partial charge in [-0.15, -0.1) is 0 Å². The van der Waals surface area contributed by atoms with Gasteiger partial charge in [0.1, 0.15) is 0 Å². The summed E-state index contributed by atoms with van der Waals surface area (Å²) < 4.78 is 26.9. The highest BCUT2D eigenvalue weighted by Gasteiger charge is 2.14. The fourth-order valence-electron chi connectivity index (χ4n) is 2.05. The molecule has 0 aliphatic rings. The number of nitrogens with two attached hydrogens (primary N) is 1. The van der Waals surface area contributed by atoms with Gasteiger partial charge in [0.2, 0.25) is 10.0 Å². The average molecular weight is 391 g/mol. The van der Waals surface area contributed by atoms with Gasteiger partial charge in [-0.25, -0.2) is 18.4 Å². The minimum absolute atomic E-state index is 0.0262.